The Kier molecular flexibility index (Phi) is 6.80. The standard InChI is InChI=1S/C16H27NS/c1-12(2)11-18-16(13(3)4)15(17-5)14-9-7-6-8-10-14/h6-10,12-13,15-17H,11H2,1-5H3. The Bertz CT molecular complexity index is 321. The summed E-state index contributed by atoms with van der Waals surface area (Å²) in [5.74, 6) is 2.66. The quantitative estimate of drug-likeness (QED) is 0.786. The fourth-order valence-electron chi connectivity index (χ4n) is 2.16. The molecule has 102 valence electrons. The summed E-state index contributed by atoms with van der Waals surface area (Å²) in [6, 6.07) is 11.2. The van der Waals surface area contributed by atoms with Crippen molar-refractivity contribution in [1.82, 2.24) is 5.32 Å². The number of hydrogen-bond donors (Lipinski definition) is 1. The molecule has 0 heterocycles. The number of hydrogen-bond acceptors (Lipinski definition) is 2. The highest BCUT2D eigenvalue weighted by molar-refractivity contribution is 7.99. The molecule has 1 nitrogen and oxygen atoms in total. The normalized spacial score (nSPS) is 15.1. The van der Waals surface area contributed by atoms with E-state index in [9.17, 15) is 0 Å². The van der Waals surface area contributed by atoms with E-state index in [1.54, 1.807) is 0 Å². The molecule has 0 spiro atoms. The van der Waals surface area contributed by atoms with E-state index in [1.165, 1.54) is 11.3 Å². The Balaban J connectivity index is 2.81. The van der Waals surface area contributed by atoms with Crippen LogP contribution < -0.4 is 5.32 Å². The van der Waals surface area contributed by atoms with Gasteiger partial charge in [-0.25, -0.2) is 0 Å². The molecule has 2 atom stereocenters. The highest BCUT2D eigenvalue weighted by Crippen LogP contribution is 2.32. The van der Waals surface area contributed by atoms with Crippen molar-refractivity contribution in [2.75, 3.05) is 12.8 Å². The molecule has 0 aromatic heterocycles. The summed E-state index contributed by atoms with van der Waals surface area (Å²) >= 11 is 2.10. The van der Waals surface area contributed by atoms with Crippen LogP contribution in [0.5, 0.6) is 0 Å². The predicted octanol–water partition coefficient (Wildman–Crippen LogP) is 4.36. The molecule has 0 aliphatic rings. The summed E-state index contributed by atoms with van der Waals surface area (Å²) in [4.78, 5) is 0. The van der Waals surface area contributed by atoms with E-state index in [1.807, 2.05) is 0 Å². The molecule has 18 heavy (non-hydrogen) atoms. The van der Waals surface area contributed by atoms with E-state index < -0.39 is 0 Å². The maximum Gasteiger partial charge on any atom is 0.0440 e. The van der Waals surface area contributed by atoms with Gasteiger partial charge in [0, 0.05) is 11.3 Å². The third-order valence-electron chi connectivity index (χ3n) is 3.08. The molecule has 1 rings (SSSR count). The Hall–Kier alpha value is -0.470. The topological polar surface area (TPSA) is 12.0 Å². The highest BCUT2D eigenvalue weighted by atomic mass is 32.2. The Morgan fingerprint density at radius 3 is 2.11 bits per heavy atom. The molecular formula is C16H27NS. The summed E-state index contributed by atoms with van der Waals surface area (Å²) in [6.07, 6.45) is 0. The first-order valence-corrected chi connectivity index (χ1v) is 7.95. The highest BCUT2D eigenvalue weighted by Gasteiger charge is 2.25. The van der Waals surface area contributed by atoms with Crippen molar-refractivity contribution in [3.63, 3.8) is 0 Å². The van der Waals surface area contributed by atoms with Crippen LogP contribution in [-0.4, -0.2) is 18.1 Å². The monoisotopic (exact) mass is 265 g/mol. The lowest BCUT2D eigenvalue weighted by molar-refractivity contribution is 0.472. The average Bonchev–Trinajstić information content (AvgIpc) is 2.34. The first-order chi connectivity index (χ1) is 8.56. The molecule has 1 aromatic rings. The van der Waals surface area contributed by atoms with Crippen molar-refractivity contribution in [1.29, 1.82) is 0 Å². The van der Waals surface area contributed by atoms with Crippen LogP contribution in [0.25, 0.3) is 0 Å². The van der Waals surface area contributed by atoms with Crippen LogP contribution in [0.2, 0.25) is 0 Å². The zero-order valence-electron chi connectivity index (χ0n) is 12.3. The van der Waals surface area contributed by atoms with Crippen LogP contribution in [0.4, 0.5) is 0 Å². The lowest BCUT2D eigenvalue weighted by Crippen LogP contribution is -2.31. The fourth-order valence-corrected chi connectivity index (χ4v) is 3.64. The minimum Gasteiger partial charge on any atom is -0.312 e. The molecule has 0 aliphatic heterocycles. The molecular weight excluding hydrogens is 238 g/mol. The largest absolute Gasteiger partial charge is 0.312 e. The van der Waals surface area contributed by atoms with Gasteiger partial charge >= 0.3 is 0 Å². The summed E-state index contributed by atoms with van der Waals surface area (Å²) in [5, 5.41) is 4.13. The lowest BCUT2D eigenvalue weighted by Gasteiger charge is -2.30. The van der Waals surface area contributed by atoms with Gasteiger partial charge in [-0.15, -0.1) is 0 Å². The Morgan fingerprint density at radius 1 is 1.06 bits per heavy atom. The first kappa shape index (κ1) is 15.6. The van der Waals surface area contributed by atoms with Crippen molar-refractivity contribution in [3.05, 3.63) is 35.9 Å². The smallest absolute Gasteiger partial charge is 0.0440 e. The second-order valence-corrected chi connectivity index (χ2v) is 6.82. The van der Waals surface area contributed by atoms with Gasteiger partial charge in [0.15, 0.2) is 0 Å². The Morgan fingerprint density at radius 2 is 1.67 bits per heavy atom. The number of rotatable bonds is 7. The molecule has 0 radical (unpaired) electrons. The SMILES string of the molecule is CNC(c1ccccc1)C(SCC(C)C)C(C)C. The lowest BCUT2D eigenvalue weighted by atomic mass is 9.96. The van der Waals surface area contributed by atoms with Crippen LogP contribution >= 0.6 is 11.8 Å². The summed E-state index contributed by atoms with van der Waals surface area (Å²) in [7, 11) is 2.07. The summed E-state index contributed by atoms with van der Waals surface area (Å²) < 4.78 is 0. The van der Waals surface area contributed by atoms with Crippen molar-refractivity contribution in [3.8, 4) is 0 Å². The molecule has 0 aliphatic carbocycles. The molecule has 0 saturated carbocycles. The minimum absolute atomic E-state index is 0.440. The van der Waals surface area contributed by atoms with Gasteiger partial charge in [-0.1, -0.05) is 58.0 Å². The summed E-state index contributed by atoms with van der Waals surface area (Å²) in [5.41, 5.74) is 1.40. The predicted molar refractivity (Wildman–Crippen MR) is 84.2 cm³/mol. The van der Waals surface area contributed by atoms with Gasteiger partial charge in [0.05, 0.1) is 0 Å². The molecule has 0 saturated heterocycles. The van der Waals surface area contributed by atoms with Gasteiger partial charge in [-0.05, 0) is 30.2 Å². The van der Waals surface area contributed by atoms with Crippen LogP contribution in [0.3, 0.4) is 0 Å². The van der Waals surface area contributed by atoms with Crippen LogP contribution in [0.1, 0.15) is 39.3 Å². The molecule has 2 heteroatoms. The van der Waals surface area contributed by atoms with Crippen molar-refractivity contribution >= 4 is 11.8 Å². The average molecular weight is 265 g/mol. The van der Waals surface area contributed by atoms with E-state index in [0.29, 0.717) is 17.2 Å². The molecule has 0 bridgehead atoms. The van der Waals surface area contributed by atoms with E-state index in [-0.39, 0.29) is 0 Å². The van der Waals surface area contributed by atoms with Crippen LogP contribution in [0.15, 0.2) is 30.3 Å². The van der Waals surface area contributed by atoms with E-state index >= 15 is 0 Å². The van der Waals surface area contributed by atoms with E-state index in [4.69, 9.17) is 0 Å². The van der Waals surface area contributed by atoms with Crippen molar-refractivity contribution in [2.45, 2.75) is 39.0 Å². The third kappa shape index (κ3) is 4.66. The Labute approximate surface area is 117 Å². The maximum atomic E-state index is 3.50. The number of benzene rings is 1. The van der Waals surface area contributed by atoms with Gasteiger partial charge in [0.25, 0.3) is 0 Å². The van der Waals surface area contributed by atoms with Crippen molar-refractivity contribution in [2.24, 2.45) is 11.8 Å². The molecule has 2 unspecified atom stereocenters. The van der Waals surface area contributed by atoms with E-state index in [0.717, 1.165) is 5.92 Å². The fraction of sp³-hybridized carbons (Fsp3) is 0.625. The van der Waals surface area contributed by atoms with Crippen LogP contribution in [-0.2, 0) is 0 Å². The maximum absolute atomic E-state index is 3.50. The second kappa shape index (κ2) is 7.85. The molecule has 1 aromatic carbocycles. The number of nitrogens with one attached hydrogen (secondary N) is 1. The van der Waals surface area contributed by atoms with Crippen LogP contribution in [0, 0.1) is 11.8 Å². The van der Waals surface area contributed by atoms with E-state index in [2.05, 4.69) is 82.2 Å². The molecule has 0 amide bonds. The minimum atomic E-state index is 0.440. The zero-order chi connectivity index (χ0) is 13.5. The first-order valence-electron chi connectivity index (χ1n) is 6.90. The molecule has 1 N–H and O–H groups in total. The van der Waals surface area contributed by atoms with Crippen molar-refractivity contribution < 1.29 is 0 Å². The van der Waals surface area contributed by atoms with Gasteiger partial charge in [0.1, 0.15) is 0 Å². The van der Waals surface area contributed by atoms with Gasteiger partial charge in [-0.3, -0.25) is 0 Å². The molecule has 0 fully saturated rings. The van der Waals surface area contributed by atoms with Gasteiger partial charge in [-0.2, -0.15) is 11.8 Å². The third-order valence-corrected chi connectivity index (χ3v) is 5.14. The van der Waals surface area contributed by atoms with Gasteiger partial charge in [0.2, 0.25) is 0 Å². The summed E-state index contributed by atoms with van der Waals surface area (Å²) in [6.45, 7) is 9.24. The zero-order valence-corrected chi connectivity index (χ0v) is 13.1. The van der Waals surface area contributed by atoms with Gasteiger partial charge < -0.3 is 5.32 Å². The number of thioether (sulfide) groups is 1. The second-order valence-electron chi connectivity index (χ2n) is 5.61.